The summed E-state index contributed by atoms with van der Waals surface area (Å²) in [5.41, 5.74) is 0.900. The molecule has 1 N–H and O–H groups in total. The molecule has 0 saturated carbocycles. The zero-order valence-electron chi connectivity index (χ0n) is 8.97. The van der Waals surface area contributed by atoms with Gasteiger partial charge >= 0.3 is 0 Å². The van der Waals surface area contributed by atoms with Crippen molar-refractivity contribution < 1.29 is 22.2 Å². The molecule has 0 saturated heterocycles. The number of amides is 1. The Morgan fingerprint density at radius 1 is 1.47 bits per heavy atom. The van der Waals surface area contributed by atoms with Crippen LogP contribution in [0.25, 0.3) is 0 Å². The molecule has 7 heteroatoms. The third-order valence-electron chi connectivity index (χ3n) is 2.69. The van der Waals surface area contributed by atoms with Gasteiger partial charge in [0.05, 0.1) is 0 Å². The zero-order chi connectivity index (χ0) is 12.8. The Hall–Kier alpha value is -1.47. The number of benzene rings is 1. The molecule has 92 valence electrons. The van der Waals surface area contributed by atoms with Gasteiger partial charge in [-0.15, -0.1) is 0 Å². The topological polar surface area (TPSA) is 74.7 Å². The molecule has 0 bridgehead atoms. The van der Waals surface area contributed by atoms with Crippen molar-refractivity contribution in [3.63, 3.8) is 0 Å². The molecule has 0 atom stereocenters. The fourth-order valence-corrected chi connectivity index (χ4v) is 2.48. The summed E-state index contributed by atoms with van der Waals surface area (Å²) < 4.78 is 44.2. The fourth-order valence-electron chi connectivity index (χ4n) is 1.91. The second kappa shape index (κ2) is 3.78. The fraction of sp³-hybridized carbons (Fsp3) is 0.300. The zero-order valence-corrected chi connectivity index (χ0v) is 9.79. The number of anilines is 1. The minimum absolute atomic E-state index is 0.253. The van der Waals surface area contributed by atoms with Crippen LogP contribution in [-0.4, -0.2) is 25.4 Å². The summed E-state index contributed by atoms with van der Waals surface area (Å²) in [7, 11) is -4.62. The number of carbonyl (C=O) groups is 1. The molecule has 1 aliphatic heterocycles. The molecule has 5 nitrogen and oxygen atoms in total. The van der Waals surface area contributed by atoms with Crippen LogP contribution >= 0.6 is 0 Å². The minimum atomic E-state index is -4.62. The highest BCUT2D eigenvalue weighted by molar-refractivity contribution is 7.85. The Labute approximate surface area is 97.6 Å². The van der Waals surface area contributed by atoms with E-state index < -0.39 is 20.8 Å². The lowest BCUT2D eigenvalue weighted by Crippen LogP contribution is -2.25. The average Bonchev–Trinajstić information content (AvgIpc) is 2.57. The molecule has 2 rings (SSSR count). The van der Waals surface area contributed by atoms with Crippen molar-refractivity contribution in [3.05, 3.63) is 23.5 Å². The average molecular weight is 259 g/mol. The maximum Gasteiger partial charge on any atom is 0.297 e. The van der Waals surface area contributed by atoms with Crippen molar-refractivity contribution in [2.24, 2.45) is 0 Å². The number of nitrogens with zero attached hydrogens (tertiary/aromatic N) is 1. The number of halogens is 1. The first-order valence-corrected chi connectivity index (χ1v) is 6.32. The van der Waals surface area contributed by atoms with Crippen LogP contribution in [0.1, 0.15) is 12.5 Å². The van der Waals surface area contributed by atoms with Crippen molar-refractivity contribution >= 4 is 21.7 Å². The second-order valence-electron chi connectivity index (χ2n) is 3.81. The monoisotopic (exact) mass is 259 g/mol. The van der Waals surface area contributed by atoms with Gasteiger partial charge in [-0.25, -0.2) is 4.39 Å². The van der Waals surface area contributed by atoms with Crippen LogP contribution in [0.4, 0.5) is 10.1 Å². The van der Waals surface area contributed by atoms with E-state index in [-0.39, 0.29) is 5.91 Å². The summed E-state index contributed by atoms with van der Waals surface area (Å²) in [4.78, 5) is 11.8. The first kappa shape index (κ1) is 12.0. The molecule has 1 aromatic rings. The lowest BCUT2D eigenvalue weighted by Gasteiger charge is -2.15. The van der Waals surface area contributed by atoms with E-state index in [9.17, 15) is 17.6 Å². The van der Waals surface area contributed by atoms with E-state index >= 15 is 0 Å². The van der Waals surface area contributed by atoms with Crippen LogP contribution in [0.15, 0.2) is 17.0 Å². The van der Waals surface area contributed by atoms with Gasteiger partial charge in [-0.3, -0.25) is 9.35 Å². The molecule has 1 aliphatic rings. The smallest absolute Gasteiger partial charge is 0.297 e. The molecule has 0 aromatic heterocycles. The predicted molar refractivity (Wildman–Crippen MR) is 57.9 cm³/mol. The van der Waals surface area contributed by atoms with E-state index in [2.05, 4.69) is 0 Å². The number of hydrogen-bond donors (Lipinski definition) is 1. The van der Waals surface area contributed by atoms with Gasteiger partial charge in [0, 0.05) is 19.2 Å². The summed E-state index contributed by atoms with van der Waals surface area (Å²) in [6, 6.07) is 2.04. The minimum Gasteiger partial charge on any atom is -0.312 e. The Bertz CT molecular complexity index is 597. The molecule has 1 amide bonds. The van der Waals surface area contributed by atoms with Crippen molar-refractivity contribution in [2.45, 2.75) is 18.2 Å². The molecule has 0 aliphatic carbocycles. The lowest BCUT2D eigenvalue weighted by molar-refractivity contribution is -0.116. The third-order valence-corrected chi connectivity index (χ3v) is 3.56. The number of hydrogen-bond acceptors (Lipinski definition) is 3. The van der Waals surface area contributed by atoms with Crippen molar-refractivity contribution in [1.29, 1.82) is 0 Å². The normalized spacial score (nSPS) is 14.9. The van der Waals surface area contributed by atoms with Gasteiger partial charge in [-0.1, -0.05) is 0 Å². The van der Waals surface area contributed by atoms with Crippen LogP contribution in [0.2, 0.25) is 0 Å². The Morgan fingerprint density at radius 2 is 2.12 bits per heavy atom. The number of fused-ring (bicyclic) bond motifs is 1. The van der Waals surface area contributed by atoms with E-state index in [0.717, 1.165) is 12.1 Å². The predicted octanol–water partition coefficient (Wildman–Crippen LogP) is 0.981. The maximum atomic E-state index is 13.4. The van der Waals surface area contributed by atoms with Crippen molar-refractivity contribution in [3.8, 4) is 0 Å². The highest BCUT2D eigenvalue weighted by Crippen LogP contribution is 2.32. The summed E-state index contributed by atoms with van der Waals surface area (Å²) >= 11 is 0. The van der Waals surface area contributed by atoms with E-state index in [0.29, 0.717) is 24.2 Å². The molecule has 1 heterocycles. The molecule has 0 fully saturated rings. The van der Waals surface area contributed by atoms with Crippen LogP contribution in [0, 0.1) is 5.82 Å². The van der Waals surface area contributed by atoms with Crippen LogP contribution < -0.4 is 4.90 Å². The first-order chi connectivity index (χ1) is 7.80. The molecular formula is C10H10FNO4S. The molecular weight excluding hydrogens is 249 g/mol. The summed E-state index contributed by atoms with van der Waals surface area (Å²) in [6.07, 6.45) is 0.470. The quantitative estimate of drug-likeness (QED) is 0.763. The van der Waals surface area contributed by atoms with Gasteiger partial charge in [0.1, 0.15) is 10.7 Å². The van der Waals surface area contributed by atoms with Gasteiger partial charge < -0.3 is 4.90 Å². The van der Waals surface area contributed by atoms with Gasteiger partial charge in [-0.05, 0) is 24.1 Å². The van der Waals surface area contributed by atoms with E-state index in [1.165, 1.54) is 11.8 Å². The van der Waals surface area contributed by atoms with Crippen molar-refractivity contribution in [2.75, 3.05) is 11.4 Å². The summed E-state index contributed by atoms with van der Waals surface area (Å²) in [5.74, 6) is -1.26. The van der Waals surface area contributed by atoms with Crippen LogP contribution in [0.3, 0.4) is 0 Å². The van der Waals surface area contributed by atoms with Gasteiger partial charge in [0.2, 0.25) is 5.91 Å². The van der Waals surface area contributed by atoms with Crippen LogP contribution in [-0.2, 0) is 21.3 Å². The standard InChI is InChI=1S/C10H10FNO4S/c1-6(13)12-3-2-7-4-8(11)10(5-9(7)12)17(14,15)16/h4-5H,2-3H2,1H3,(H,14,15,16). The maximum absolute atomic E-state index is 13.4. The summed E-state index contributed by atoms with van der Waals surface area (Å²) in [6.45, 7) is 1.73. The third kappa shape index (κ3) is 2.03. The first-order valence-electron chi connectivity index (χ1n) is 4.88. The molecule has 0 spiro atoms. The van der Waals surface area contributed by atoms with Crippen LogP contribution in [0.5, 0.6) is 0 Å². The second-order valence-corrected chi connectivity index (χ2v) is 5.20. The Balaban J connectivity index is 2.63. The highest BCUT2D eigenvalue weighted by Gasteiger charge is 2.27. The van der Waals surface area contributed by atoms with E-state index in [4.69, 9.17) is 4.55 Å². The Morgan fingerprint density at radius 3 is 2.65 bits per heavy atom. The van der Waals surface area contributed by atoms with Gasteiger partial charge in [0.15, 0.2) is 0 Å². The number of carbonyl (C=O) groups excluding carboxylic acids is 1. The van der Waals surface area contributed by atoms with Gasteiger partial charge in [0.25, 0.3) is 10.1 Å². The van der Waals surface area contributed by atoms with Crippen molar-refractivity contribution in [1.82, 2.24) is 0 Å². The van der Waals surface area contributed by atoms with E-state index in [1.807, 2.05) is 0 Å². The molecule has 1 aromatic carbocycles. The van der Waals surface area contributed by atoms with Gasteiger partial charge in [-0.2, -0.15) is 8.42 Å². The SMILES string of the molecule is CC(=O)N1CCc2cc(F)c(S(=O)(=O)O)cc21. The number of rotatable bonds is 1. The Kier molecular flexibility index (Phi) is 2.67. The molecule has 17 heavy (non-hydrogen) atoms. The lowest BCUT2D eigenvalue weighted by atomic mass is 10.1. The summed E-state index contributed by atoms with van der Waals surface area (Å²) in [5, 5.41) is 0. The largest absolute Gasteiger partial charge is 0.312 e. The highest BCUT2D eigenvalue weighted by atomic mass is 32.2. The van der Waals surface area contributed by atoms with E-state index in [1.54, 1.807) is 0 Å². The molecule has 0 unspecified atom stereocenters. The molecule has 0 radical (unpaired) electrons.